The van der Waals surface area contributed by atoms with Gasteiger partial charge in [0.15, 0.2) is 5.82 Å². The zero-order valence-electron chi connectivity index (χ0n) is 16.9. The number of hydrogen-bond acceptors (Lipinski definition) is 5. The molecular weight excluding hydrogens is 437 g/mol. The van der Waals surface area contributed by atoms with E-state index in [0.29, 0.717) is 47.9 Å². The summed E-state index contributed by atoms with van der Waals surface area (Å²) < 4.78 is 5.39. The van der Waals surface area contributed by atoms with Gasteiger partial charge in [-0.05, 0) is 36.2 Å². The third kappa shape index (κ3) is 5.76. The third-order valence-electron chi connectivity index (χ3n) is 5.17. The van der Waals surface area contributed by atoms with Gasteiger partial charge in [-0.2, -0.15) is 4.98 Å². The average molecular weight is 460 g/mol. The Kier molecular flexibility index (Phi) is 7.06. The second kappa shape index (κ2) is 10.1. The molecule has 7 nitrogen and oxygen atoms in total. The molecule has 1 fully saturated rings. The van der Waals surface area contributed by atoms with E-state index in [0.717, 1.165) is 30.6 Å². The molecule has 31 heavy (non-hydrogen) atoms. The minimum atomic E-state index is -0.0983. The Bertz CT molecular complexity index is 1030. The van der Waals surface area contributed by atoms with Gasteiger partial charge in [-0.1, -0.05) is 52.6 Å². The number of hydrogen-bond donors (Lipinski definition) is 1. The van der Waals surface area contributed by atoms with Crippen molar-refractivity contribution in [1.29, 1.82) is 0 Å². The number of benzene rings is 2. The van der Waals surface area contributed by atoms with Gasteiger partial charge >= 0.3 is 6.03 Å². The van der Waals surface area contributed by atoms with Crippen LogP contribution in [-0.2, 0) is 13.1 Å². The summed E-state index contributed by atoms with van der Waals surface area (Å²) in [5.41, 5.74) is 1.74. The van der Waals surface area contributed by atoms with Crippen molar-refractivity contribution in [3.8, 4) is 11.5 Å². The van der Waals surface area contributed by atoms with Crippen LogP contribution in [0.1, 0.15) is 17.8 Å². The largest absolute Gasteiger partial charge is 0.334 e. The molecule has 0 aliphatic carbocycles. The summed E-state index contributed by atoms with van der Waals surface area (Å²) in [6, 6.07) is 14.9. The van der Waals surface area contributed by atoms with E-state index in [1.165, 1.54) is 0 Å². The second-order valence-corrected chi connectivity index (χ2v) is 8.24. The maximum Gasteiger partial charge on any atom is 0.317 e. The molecule has 2 amide bonds. The van der Waals surface area contributed by atoms with Crippen LogP contribution in [-0.4, -0.2) is 52.2 Å². The van der Waals surface area contributed by atoms with E-state index >= 15 is 0 Å². The van der Waals surface area contributed by atoms with Crippen LogP contribution in [0.4, 0.5) is 4.79 Å². The molecule has 1 aliphatic rings. The van der Waals surface area contributed by atoms with Gasteiger partial charge in [0.05, 0.1) is 6.54 Å². The molecule has 2 aromatic carbocycles. The monoisotopic (exact) mass is 459 g/mol. The molecule has 2 heterocycles. The molecule has 3 aromatic rings. The SMILES string of the molecule is O=C(NCc1ccc(Cl)cc1Cl)N1CCCN(Cc2noc(-c3ccccc3)n2)CC1. The number of carbonyl (C=O) groups is 1. The Hall–Kier alpha value is -2.61. The summed E-state index contributed by atoms with van der Waals surface area (Å²) in [6.45, 7) is 3.88. The minimum absolute atomic E-state index is 0.0983. The number of halogens is 2. The van der Waals surface area contributed by atoms with Gasteiger partial charge in [-0.15, -0.1) is 0 Å². The van der Waals surface area contributed by atoms with Crippen LogP contribution in [0.15, 0.2) is 53.1 Å². The van der Waals surface area contributed by atoms with E-state index in [-0.39, 0.29) is 6.03 Å². The lowest BCUT2D eigenvalue weighted by Gasteiger charge is -2.22. The van der Waals surface area contributed by atoms with E-state index in [1.54, 1.807) is 12.1 Å². The Morgan fingerprint density at radius 2 is 1.90 bits per heavy atom. The van der Waals surface area contributed by atoms with Gasteiger partial charge in [0.25, 0.3) is 5.89 Å². The lowest BCUT2D eigenvalue weighted by molar-refractivity contribution is 0.197. The van der Waals surface area contributed by atoms with Crippen molar-refractivity contribution in [3.05, 3.63) is 70.0 Å². The van der Waals surface area contributed by atoms with E-state index in [9.17, 15) is 4.79 Å². The highest BCUT2D eigenvalue weighted by atomic mass is 35.5. The number of urea groups is 1. The highest BCUT2D eigenvalue weighted by Gasteiger charge is 2.20. The summed E-state index contributed by atoms with van der Waals surface area (Å²) in [7, 11) is 0. The summed E-state index contributed by atoms with van der Waals surface area (Å²) >= 11 is 12.1. The number of amides is 2. The number of aromatic nitrogens is 2. The van der Waals surface area contributed by atoms with Gasteiger partial charge < -0.3 is 14.7 Å². The quantitative estimate of drug-likeness (QED) is 0.609. The van der Waals surface area contributed by atoms with Crippen LogP contribution < -0.4 is 5.32 Å². The number of rotatable bonds is 5. The van der Waals surface area contributed by atoms with Gasteiger partial charge in [-0.3, -0.25) is 4.90 Å². The fourth-order valence-corrected chi connectivity index (χ4v) is 3.97. The van der Waals surface area contributed by atoms with Crippen molar-refractivity contribution >= 4 is 29.2 Å². The van der Waals surface area contributed by atoms with Gasteiger partial charge in [0.2, 0.25) is 0 Å². The smallest absolute Gasteiger partial charge is 0.317 e. The van der Waals surface area contributed by atoms with Crippen LogP contribution >= 0.6 is 23.2 Å². The fraction of sp³-hybridized carbons (Fsp3) is 0.318. The van der Waals surface area contributed by atoms with Crippen LogP contribution in [0, 0.1) is 0 Å². The van der Waals surface area contributed by atoms with Gasteiger partial charge in [0, 0.05) is 48.3 Å². The minimum Gasteiger partial charge on any atom is -0.334 e. The average Bonchev–Trinajstić information content (AvgIpc) is 3.11. The molecule has 4 rings (SSSR count). The van der Waals surface area contributed by atoms with Crippen molar-refractivity contribution in [2.75, 3.05) is 26.2 Å². The summed E-state index contributed by atoms with van der Waals surface area (Å²) in [4.78, 5) is 21.2. The van der Waals surface area contributed by atoms with Crippen molar-refractivity contribution in [1.82, 2.24) is 25.3 Å². The predicted octanol–water partition coefficient (Wildman–Crippen LogP) is 4.46. The van der Waals surface area contributed by atoms with E-state index in [2.05, 4.69) is 20.4 Å². The molecule has 1 aliphatic heterocycles. The molecule has 162 valence electrons. The first-order valence-corrected chi connectivity index (χ1v) is 10.9. The molecular formula is C22H23Cl2N5O2. The predicted molar refractivity (Wildman–Crippen MR) is 120 cm³/mol. The van der Waals surface area contributed by atoms with E-state index < -0.39 is 0 Å². The zero-order chi connectivity index (χ0) is 21.6. The number of carbonyl (C=O) groups excluding carboxylic acids is 1. The summed E-state index contributed by atoms with van der Waals surface area (Å²) in [6.07, 6.45) is 0.874. The van der Waals surface area contributed by atoms with Crippen molar-refractivity contribution in [2.45, 2.75) is 19.5 Å². The molecule has 1 N–H and O–H groups in total. The van der Waals surface area contributed by atoms with E-state index in [1.807, 2.05) is 41.3 Å². The molecule has 9 heteroatoms. The Morgan fingerprint density at radius 3 is 2.71 bits per heavy atom. The Balaban J connectivity index is 1.28. The first-order chi connectivity index (χ1) is 15.1. The molecule has 0 atom stereocenters. The van der Waals surface area contributed by atoms with Crippen molar-refractivity contribution in [3.63, 3.8) is 0 Å². The molecule has 0 spiro atoms. The molecule has 0 radical (unpaired) electrons. The summed E-state index contributed by atoms with van der Waals surface area (Å²) in [5, 5.41) is 8.17. The summed E-state index contributed by atoms with van der Waals surface area (Å²) in [5.74, 6) is 1.17. The second-order valence-electron chi connectivity index (χ2n) is 7.39. The lowest BCUT2D eigenvalue weighted by atomic mass is 10.2. The Morgan fingerprint density at radius 1 is 1.06 bits per heavy atom. The van der Waals surface area contributed by atoms with Gasteiger partial charge in [-0.25, -0.2) is 4.79 Å². The highest BCUT2D eigenvalue weighted by Crippen LogP contribution is 2.21. The third-order valence-corrected chi connectivity index (χ3v) is 5.76. The molecule has 1 saturated heterocycles. The first kappa shape index (κ1) is 21.6. The standard InChI is InChI=1S/C22H23Cl2N5O2/c23-18-8-7-17(19(24)13-18)14-25-22(30)29-10-4-9-28(11-12-29)15-20-26-21(31-27-20)16-5-2-1-3-6-16/h1-3,5-8,13H,4,9-12,14-15H2,(H,25,30). The van der Waals surface area contributed by atoms with Crippen molar-refractivity contribution in [2.24, 2.45) is 0 Å². The highest BCUT2D eigenvalue weighted by molar-refractivity contribution is 6.35. The van der Waals surface area contributed by atoms with Crippen LogP contribution in [0.2, 0.25) is 10.0 Å². The number of nitrogens with zero attached hydrogens (tertiary/aromatic N) is 4. The zero-order valence-corrected chi connectivity index (χ0v) is 18.4. The molecule has 1 aromatic heterocycles. The molecule has 0 bridgehead atoms. The van der Waals surface area contributed by atoms with Crippen LogP contribution in [0.5, 0.6) is 0 Å². The first-order valence-electron chi connectivity index (χ1n) is 10.2. The fourth-order valence-electron chi connectivity index (χ4n) is 3.50. The topological polar surface area (TPSA) is 74.5 Å². The molecule has 0 unspecified atom stereocenters. The lowest BCUT2D eigenvalue weighted by Crippen LogP contribution is -2.41. The van der Waals surface area contributed by atoms with Crippen molar-refractivity contribution < 1.29 is 9.32 Å². The van der Waals surface area contributed by atoms with Crippen LogP contribution in [0.25, 0.3) is 11.5 Å². The normalized spacial score (nSPS) is 15.0. The Labute approximate surface area is 190 Å². The van der Waals surface area contributed by atoms with Gasteiger partial charge in [0.1, 0.15) is 0 Å². The maximum absolute atomic E-state index is 12.6. The number of nitrogens with one attached hydrogen (secondary N) is 1. The maximum atomic E-state index is 12.6. The van der Waals surface area contributed by atoms with Crippen LogP contribution in [0.3, 0.4) is 0 Å². The molecule has 0 saturated carbocycles. The van der Waals surface area contributed by atoms with E-state index in [4.69, 9.17) is 27.7 Å².